The Hall–Kier alpha value is -5.65. The van der Waals surface area contributed by atoms with Crippen molar-refractivity contribution in [1.29, 1.82) is 0 Å². The van der Waals surface area contributed by atoms with Crippen molar-refractivity contribution in [2.45, 2.75) is 91.1 Å². The number of benzene rings is 3. The molecule has 4 aromatic rings. The van der Waals surface area contributed by atoms with Crippen molar-refractivity contribution in [2.24, 2.45) is 11.8 Å². The third kappa shape index (κ3) is 9.66. The molecular weight excluding hydrogens is 688 g/mol. The molecule has 12 heteroatoms. The highest BCUT2D eigenvalue weighted by atomic mass is 16.6. The van der Waals surface area contributed by atoms with Gasteiger partial charge < -0.3 is 34.2 Å². The number of rotatable bonds is 14. The lowest BCUT2D eigenvalue weighted by molar-refractivity contribution is -0.160. The van der Waals surface area contributed by atoms with Gasteiger partial charge in [-0.25, -0.2) is 14.6 Å². The molecule has 0 bridgehead atoms. The van der Waals surface area contributed by atoms with Crippen molar-refractivity contribution in [1.82, 2.24) is 15.2 Å². The Bertz CT molecular complexity index is 1900. The average molecular weight is 739 g/mol. The lowest BCUT2D eigenvalue weighted by atomic mass is 9.90. The van der Waals surface area contributed by atoms with E-state index < -0.39 is 59.4 Å². The fourth-order valence-electron chi connectivity index (χ4n) is 6.73. The van der Waals surface area contributed by atoms with Crippen LogP contribution in [-0.4, -0.2) is 58.6 Å². The van der Waals surface area contributed by atoms with Crippen LogP contribution in [0.5, 0.6) is 5.75 Å². The predicted molar refractivity (Wildman–Crippen MR) is 202 cm³/mol. The number of fused-ring (bicyclic) bond motifs is 1. The minimum absolute atomic E-state index is 0.0870. The maximum absolute atomic E-state index is 15.5. The number of nitrogens with zero attached hydrogens (tertiary/aromatic N) is 2. The molecule has 0 saturated carbocycles. The summed E-state index contributed by atoms with van der Waals surface area (Å²) in [5.74, 6) is -2.38. The van der Waals surface area contributed by atoms with E-state index in [0.29, 0.717) is 30.7 Å². The summed E-state index contributed by atoms with van der Waals surface area (Å²) in [7, 11) is 1.24. The van der Waals surface area contributed by atoms with Crippen LogP contribution in [0.3, 0.4) is 0 Å². The smallest absolute Gasteiger partial charge is 0.408 e. The molecule has 0 fully saturated rings. The number of ether oxygens (including phenoxy) is 3. The van der Waals surface area contributed by atoms with E-state index >= 15 is 4.79 Å². The van der Waals surface area contributed by atoms with Crippen molar-refractivity contribution in [3.8, 4) is 5.75 Å². The molecule has 0 saturated heterocycles. The molecule has 1 aliphatic rings. The Balaban J connectivity index is 1.61. The summed E-state index contributed by atoms with van der Waals surface area (Å²) in [6.07, 6.45) is 1.87. The minimum Gasteiger partial charge on any atom is -0.487 e. The second-order valence-electron chi connectivity index (χ2n) is 14.6. The first-order valence-corrected chi connectivity index (χ1v) is 18.2. The van der Waals surface area contributed by atoms with Crippen LogP contribution in [0, 0.1) is 18.8 Å². The number of aromatic nitrogens is 1. The Kier molecular flexibility index (Phi) is 12.8. The van der Waals surface area contributed by atoms with Gasteiger partial charge in [-0.3, -0.25) is 9.59 Å². The summed E-state index contributed by atoms with van der Waals surface area (Å²) < 4.78 is 22.7. The first-order valence-electron chi connectivity index (χ1n) is 18.2. The summed E-state index contributed by atoms with van der Waals surface area (Å²) in [6.45, 7) is 10.7. The molecule has 0 radical (unpaired) electrons. The van der Waals surface area contributed by atoms with Crippen LogP contribution in [0.4, 0.5) is 10.5 Å². The maximum Gasteiger partial charge on any atom is 0.408 e. The van der Waals surface area contributed by atoms with Gasteiger partial charge >= 0.3 is 12.1 Å². The molecule has 54 heavy (non-hydrogen) atoms. The quantitative estimate of drug-likeness (QED) is 0.131. The number of amides is 3. The molecule has 2 N–H and O–H groups in total. The van der Waals surface area contributed by atoms with Crippen molar-refractivity contribution in [2.75, 3.05) is 12.4 Å². The number of carbonyl (C=O) groups is 4. The number of oxazole rings is 1. The van der Waals surface area contributed by atoms with Crippen molar-refractivity contribution < 1.29 is 37.8 Å². The summed E-state index contributed by atoms with van der Waals surface area (Å²) in [6, 6.07) is 20.4. The molecule has 4 atom stereocenters. The van der Waals surface area contributed by atoms with Gasteiger partial charge in [-0.05, 0) is 74.3 Å². The largest absolute Gasteiger partial charge is 0.487 e. The molecule has 3 aromatic carbocycles. The highest BCUT2D eigenvalue weighted by molar-refractivity contribution is 6.01. The zero-order valence-corrected chi connectivity index (χ0v) is 32.0. The molecule has 12 nitrogen and oxygen atoms in total. The van der Waals surface area contributed by atoms with Crippen LogP contribution in [0.2, 0.25) is 0 Å². The van der Waals surface area contributed by atoms with Crippen LogP contribution in [-0.2, 0) is 43.3 Å². The molecule has 0 aliphatic heterocycles. The Morgan fingerprint density at radius 2 is 1.57 bits per heavy atom. The first kappa shape index (κ1) is 39.6. The lowest BCUT2D eigenvalue weighted by Crippen LogP contribution is -2.60. The van der Waals surface area contributed by atoms with Crippen LogP contribution >= 0.6 is 0 Å². The van der Waals surface area contributed by atoms with Gasteiger partial charge in [0.05, 0.1) is 12.8 Å². The van der Waals surface area contributed by atoms with E-state index in [4.69, 9.17) is 18.6 Å². The van der Waals surface area contributed by atoms with E-state index in [2.05, 4.69) is 15.6 Å². The van der Waals surface area contributed by atoms with Crippen molar-refractivity contribution in [3.63, 3.8) is 0 Å². The van der Waals surface area contributed by atoms with Gasteiger partial charge in [-0.2, -0.15) is 0 Å². The number of nitrogens with one attached hydrogen (secondary N) is 2. The fraction of sp³-hybridized carbons (Fsp3) is 0.405. The van der Waals surface area contributed by atoms with E-state index in [1.807, 2.05) is 61.5 Å². The van der Waals surface area contributed by atoms with E-state index in [-0.39, 0.29) is 18.2 Å². The molecule has 0 unspecified atom stereocenters. The number of hydrogen-bond donors (Lipinski definition) is 2. The van der Waals surface area contributed by atoms with Gasteiger partial charge in [0.1, 0.15) is 42.0 Å². The number of para-hydroxylation sites is 2. The van der Waals surface area contributed by atoms with Crippen LogP contribution in [0.1, 0.15) is 75.4 Å². The molecule has 0 spiro atoms. The molecular formula is C42H50N4O8. The normalized spacial score (nSPS) is 14.9. The number of aryl methyl sites for hydroxylation is 1. The topological polar surface area (TPSA) is 149 Å². The zero-order chi connectivity index (χ0) is 39.0. The minimum atomic E-state index is -1.51. The van der Waals surface area contributed by atoms with Crippen molar-refractivity contribution >= 4 is 29.6 Å². The third-order valence-corrected chi connectivity index (χ3v) is 9.50. The Morgan fingerprint density at radius 1 is 0.944 bits per heavy atom. The zero-order valence-electron chi connectivity index (χ0n) is 32.0. The van der Waals surface area contributed by atoms with Gasteiger partial charge in [0.2, 0.25) is 5.91 Å². The van der Waals surface area contributed by atoms with E-state index in [9.17, 15) is 14.4 Å². The van der Waals surface area contributed by atoms with Gasteiger partial charge in [0.15, 0.2) is 11.9 Å². The average Bonchev–Trinajstić information content (AvgIpc) is 3.78. The monoisotopic (exact) mass is 738 g/mol. The highest BCUT2D eigenvalue weighted by Gasteiger charge is 2.48. The van der Waals surface area contributed by atoms with Crippen LogP contribution in [0.25, 0.3) is 0 Å². The van der Waals surface area contributed by atoms with Crippen molar-refractivity contribution in [3.05, 3.63) is 113 Å². The van der Waals surface area contributed by atoms with E-state index in [0.717, 1.165) is 16.7 Å². The first-order chi connectivity index (χ1) is 25.8. The summed E-state index contributed by atoms with van der Waals surface area (Å²) in [5.41, 5.74) is 2.57. The Labute approximate surface area is 316 Å². The molecule has 1 aliphatic carbocycles. The second kappa shape index (κ2) is 17.5. The second-order valence-corrected chi connectivity index (χ2v) is 14.6. The number of esters is 1. The van der Waals surface area contributed by atoms with E-state index in [1.54, 1.807) is 58.9 Å². The summed E-state index contributed by atoms with van der Waals surface area (Å²) >= 11 is 0. The lowest BCUT2D eigenvalue weighted by Gasteiger charge is -2.40. The summed E-state index contributed by atoms with van der Waals surface area (Å²) in [4.78, 5) is 63.4. The van der Waals surface area contributed by atoms with Gasteiger partial charge in [-0.1, -0.05) is 87.0 Å². The maximum atomic E-state index is 15.5. The van der Waals surface area contributed by atoms with Gasteiger partial charge in [-0.15, -0.1) is 0 Å². The standard InChI is InChI=1S/C42H50N4O8/c1-8-26(2)36(40(49)51-7)46(39(48)35(45-41(50)54-42(4,5)6)31-22-29-18-12-13-19-30(29)23-31)37(33-25-52-27(3)43-33)38(47)44-32-20-14-15-21-34(32)53-24-28-16-10-9-11-17-28/h9-21,25-26,31,35-37H,8,22-24H2,1-7H3,(H,44,47)(H,45,50)/t26-,35+,36+,37+/m0/s1. The molecule has 286 valence electrons. The predicted octanol–water partition coefficient (Wildman–Crippen LogP) is 6.97. The van der Waals surface area contributed by atoms with Crippen LogP contribution in [0.15, 0.2) is 89.5 Å². The number of anilines is 1. The molecule has 3 amide bonds. The SMILES string of the molecule is CC[C@H](C)[C@H](C(=O)OC)N(C(=O)[C@H](NC(=O)OC(C)(C)C)C1Cc2ccccc2C1)[C@@H](C(=O)Nc1ccccc1OCc1ccccc1)c1coc(C)n1. The molecule has 5 rings (SSSR count). The molecule has 1 aromatic heterocycles. The Morgan fingerprint density at radius 3 is 2.17 bits per heavy atom. The van der Waals surface area contributed by atoms with Gasteiger partial charge in [0.25, 0.3) is 5.91 Å². The number of alkyl carbamates (subject to hydrolysis) is 1. The highest BCUT2D eigenvalue weighted by Crippen LogP contribution is 2.35. The summed E-state index contributed by atoms with van der Waals surface area (Å²) in [5, 5.41) is 5.79. The fourth-order valence-corrected chi connectivity index (χ4v) is 6.73. The molecule has 1 heterocycles. The number of hydrogen-bond acceptors (Lipinski definition) is 9. The third-order valence-electron chi connectivity index (χ3n) is 9.50. The van der Waals surface area contributed by atoms with Gasteiger partial charge in [0, 0.05) is 6.92 Å². The number of methoxy groups -OCH3 is 1. The number of carbonyl (C=O) groups excluding carboxylic acids is 4. The van der Waals surface area contributed by atoms with E-state index in [1.165, 1.54) is 18.3 Å². The van der Waals surface area contributed by atoms with Crippen LogP contribution < -0.4 is 15.4 Å².